The fraction of sp³-hybridized carbons (Fsp3) is 0.125. The molecule has 0 aliphatic heterocycles. The molecule has 2 aromatic carbocycles. The summed E-state index contributed by atoms with van der Waals surface area (Å²) in [4.78, 5) is 34.1. The maximum atomic E-state index is 12.1. The molecule has 0 aliphatic carbocycles. The van der Waals surface area contributed by atoms with Crippen molar-refractivity contribution in [3.05, 3.63) is 68.2 Å². The lowest BCUT2D eigenvalue weighted by Crippen LogP contribution is -2.30. The maximum Gasteiger partial charge on any atom is 0.338 e. The summed E-state index contributed by atoms with van der Waals surface area (Å²) in [5, 5.41) is 13.8. The molecule has 0 radical (unpaired) electrons. The Kier molecular flexibility index (Phi) is 5.95. The number of nitrogens with one attached hydrogen (secondary N) is 1. The summed E-state index contributed by atoms with van der Waals surface area (Å²) in [5.74, 6) is -1.35. The predicted molar refractivity (Wildman–Crippen MR) is 93.1 cm³/mol. The Bertz CT molecular complexity index is 804. The molecule has 0 saturated carbocycles. The van der Waals surface area contributed by atoms with E-state index in [1.807, 2.05) is 0 Å². The third kappa shape index (κ3) is 5.17. The van der Waals surface area contributed by atoms with Gasteiger partial charge in [-0.05, 0) is 37.3 Å². The predicted octanol–water partition coefficient (Wildman–Crippen LogP) is 4.09. The van der Waals surface area contributed by atoms with Crippen molar-refractivity contribution in [2.24, 2.45) is 0 Å². The van der Waals surface area contributed by atoms with Crippen LogP contribution < -0.4 is 5.32 Å². The van der Waals surface area contributed by atoms with E-state index in [4.69, 9.17) is 27.9 Å². The molecule has 0 fully saturated rings. The van der Waals surface area contributed by atoms with Crippen molar-refractivity contribution in [2.45, 2.75) is 13.0 Å². The number of rotatable bonds is 5. The quantitative estimate of drug-likeness (QED) is 0.477. The highest BCUT2D eigenvalue weighted by Crippen LogP contribution is 2.22. The van der Waals surface area contributed by atoms with E-state index in [0.29, 0.717) is 15.7 Å². The monoisotopic (exact) mass is 382 g/mol. The Morgan fingerprint density at radius 3 is 2.20 bits per heavy atom. The number of nitro benzene ring substituents is 1. The molecule has 1 N–H and O–H groups in total. The number of nitro groups is 1. The number of esters is 1. The van der Waals surface area contributed by atoms with Gasteiger partial charge < -0.3 is 10.1 Å². The molecule has 2 rings (SSSR count). The highest BCUT2D eigenvalue weighted by atomic mass is 35.5. The number of carbonyl (C=O) groups excluding carboxylic acids is 2. The van der Waals surface area contributed by atoms with E-state index >= 15 is 0 Å². The van der Waals surface area contributed by atoms with E-state index in [-0.39, 0.29) is 11.3 Å². The number of anilines is 1. The number of hydrogen-bond acceptors (Lipinski definition) is 5. The van der Waals surface area contributed by atoms with Crippen molar-refractivity contribution in [1.82, 2.24) is 0 Å². The van der Waals surface area contributed by atoms with Crippen LogP contribution in [0.4, 0.5) is 11.4 Å². The van der Waals surface area contributed by atoms with Crippen molar-refractivity contribution >= 4 is 46.5 Å². The zero-order chi connectivity index (χ0) is 18.6. The van der Waals surface area contributed by atoms with Crippen molar-refractivity contribution in [1.29, 1.82) is 0 Å². The molecular weight excluding hydrogens is 371 g/mol. The molecule has 25 heavy (non-hydrogen) atoms. The molecule has 0 spiro atoms. The van der Waals surface area contributed by atoms with Crippen LogP contribution in [0.25, 0.3) is 0 Å². The first-order chi connectivity index (χ1) is 11.8. The van der Waals surface area contributed by atoms with Crippen LogP contribution in [0.5, 0.6) is 0 Å². The Hall–Kier alpha value is -2.64. The van der Waals surface area contributed by atoms with E-state index in [1.165, 1.54) is 49.4 Å². The Morgan fingerprint density at radius 1 is 1.12 bits per heavy atom. The van der Waals surface area contributed by atoms with Gasteiger partial charge in [-0.2, -0.15) is 0 Å². The first-order valence-corrected chi connectivity index (χ1v) is 7.74. The molecule has 7 nitrogen and oxygen atoms in total. The van der Waals surface area contributed by atoms with Crippen LogP contribution in [0.1, 0.15) is 17.3 Å². The Morgan fingerprint density at radius 2 is 1.68 bits per heavy atom. The average Bonchev–Trinajstić information content (AvgIpc) is 2.53. The molecule has 1 unspecified atom stereocenters. The smallest absolute Gasteiger partial charge is 0.338 e. The lowest BCUT2D eigenvalue weighted by atomic mass is 10.2. The van der Waals surface area contributed by atoms with E-state index < -0.39 is 22.9 Å². The molecule has 0 aromatic heterocycles. The second-order valence-electron chi connectivity index (χ2n) is 5.00. The van der Waals surface area contributed by atoms with Gasteiger partial charge in [0.2, 0.25) is 0 Å². The van der Waals surface area contributed by atoms with Crippen LogP contribution in [0.2, 0.25) is 10.0 Å². The third-order valence-corrected chi connectivity index (χ3v) is 3.53. The number of benzene rings is 2. The summed E-state index contributed by atoms with van der Waals surface area (Å²) >= 11 is 11.7. The summed E-state index contributed by atoms with van der Waals surface area (Å²) in [5.41, 5.74) is 0.303. The number of ether oxygens (including phenoxy) is 1. The molecule has 2 aromatic rings. The highest BCUT2D eigenvalue weighted by molar-refractivity contribution is 6.35. The summed E-state index contributed by atoms with van der Waals surface area (Å²) in [7, 11) is 0. The van der Waals surface area contributed by atoms with E-state index in [1.54, 1.807) is 0 Å². The van der Waals surface area contributed by atoms with E-state index in [2.05, 4.69) is 5.32 Å². The average molecular weight is 383 g/mol. The van der Waals surface area contributed by atoms with Gasteiger partial charge in [-0.1, -0.05) is 23.2 Å². The first kappa shape index (κ1) is 18.7. The summed E-state index contributed by atoms with van der Waals surface area (Å²) < 4.78 is 5.04. The minimum absolute atomic E-state index is 0.0936. The number of hydrogen-bond donors (Lipinski definition) is 1. The lowest BCUT2D eigenvalue weighted by molar-refractivity contribution is -0.384. The Labute approximate surface area is 152 Å². The van der Waals surface area contributed by atoms with E-state index in [0.717, 1.165) is 0 Å². The molecule has 1 atom stereocenters. The topological polar surface area (TPSA) is 98.5 Å². The molecular formula is C16H12Cl2N2O5. The number of amides is 1. The van der Waals surface area contributed by atoms with Crippen LogP contribution in [-0.4, -0.2) is 22.9 Å². The number of non-ortho nitro benzene ring substituents is 1. The van der Waals surface area contributed by atoms with Crippen molar-refractivity contribution < 1.29 is 19.2 Å². The number of carbonyl (C=O) groups is 2. The molecule has 130 valence electrons. The molecule has 9 heteroatoms. The van der Waals surface area contributed by atoms with Crippen LogP contribution in [0.15, 0.2) is 42.5 Å². The van der Waals surface area contributed by atoms with Crippen molar-refractivity contribution in [2.75, 3.05) is 5.32 Å². The van der Waals surface area contributed by atoms with Gasteiger partial charge >= 0.3 is 5.97 Å². The van der Waals surface area contributed by atoms with E-state index in [9.17, 15) is 19.7 Å². The van der Waals surface area contributed by atoms with Crippen LogP contribution in [0.3, 0.4) is 0 Å². The van der Waals surface area contributed by atoms with Gasteiger partial charge in [0, 0.05) is 27.9 Å². The minimum Gasteiger partial charge on any atom is -0.449 e. The van der Waals surface area contributed by atoms with Crippen LogP contribution in [-0.2, 0) is 9.53 Å². The Balaban J connectivity index is 2.00. The molecule has 0 saturated heterocycles. The fourth-order valence-corrected chi connectivity index (χ4v) is 2.40. The van der Waals surface area contributed by atoms with Crippen molar-refractivity contribution in [3.63, 3.8) is 0 Å². The summed E-state index contributed by atoms with van der Waals surface area (Å²) in [6, 6.07) is 9.36. The molecule has 1 amide bonds. The molecule has 0 heterocycles. The molecule has 0 bridgehead atoms. The van der Waals surface area contributed by atoms with Crippen LogP contribution in [0, 0.1) is 10.1 Å². The number of nitrogens with zero attached hydrogens (tertiary/aromatic N) is 1. The largest absolute Gasteiger partial charge is 0.449 e. The van der Waals surface area contributed by atoms with Gasteiger partial charge in [0.1, 0.15) is 0 Å². The highest BCUT2D eigenvalue weighted by Gasteiger charge is 2.20. The van der Waals surface area contributed by atoms with Gasteiger partial charge in [0.25, 0.3) is 11.6 Å². The molecule has 0 aliphatic rings. The van der Waals surface area contributed by atoms with Gasteiger partial charge in [0.15, 0.2) is 6.10 Å². The SMILES string of the molecule is CC(OC(=O)c1ccc([N+](=O)[O-])cc1)C(=O)Nc1cc(Cl)cc(Cl)c1. The standard InChI is InChI=1S/C16H12Cl2N2O5/c1-9(15(21)19-13-7-11(17)6-12(18)8-13)25-16(22)10-2-4-14(5-3-10)20(23)24/h2-9H,1H3,(H,19,21). The fourth-order valence-electron chi connectivity index (χ4n) is 1.87. The first-order valence-electron chi connectivity index (χ1n) is 6.98. The second-order valence-corrected chi connectivity index (χ2v) is 5.87. The zero-order valence-corrected chi connectivity index (χ0v) is 14.4. The normalized spacial score (nSPS) is 11.5. The van der Waals surface area contributed by atoms with Gasteiger partial charge in [-0.15, -0.1) is 0 Å². The number of halogens is 2. The van der Waals surface area contributed by atoms with Gasteiger partial charge in [-0.25, -0.2) is 4.79 Å². The lowest BCUT2D eigenvalue weighted by Gasteiger charge is -2.14. The minimum atomic E-state index is -1.10. The third-order valence-electron chi connectivity index (χ3n) is 3.10. The van der Waals surface area contributed by atoms with Gasteiger partial charge in [0.05, 0.1) is 10.5 Å². The summed E-state index contributed by atoms with van der Waals surface area (Å²) in [6.45, 7) is 1.39. The zero-order valence-electron chi connectivity index (χ0n) is 12.9. The van der Waals surface area contributed by atoms with Crippen molar-refractivity contribution in [3.8, 4) is 0 Å². The second kappa shape index (κ2) is 7.96. The summed E-state index contributed by atoms with van der Waals surface area (Å²) in [6.07, 6.45) is -1.10. The van der Waals surface area contributed by atoms with Gasteiger partial charge in [-0.3, -0.25) is 14.9 Å². The maximum absolute atomic E-state index is 12.1. The van der Waals surface area contributed by atoms with Crippen LogP contribution >= 0.6 is 23.2 Å².